The largest absolute Gasteiger partial charge is 0.510 e. The average molecular weight is 547 g/mol. The number of aliphatic hydroxyl groups excluding tert-OH is 2. The maximum Gasteiger partial charge on any atom is 0.255 e. The molecule has 0 saturated carbocycles. The van der Waals surface area contributed by atoms with Gasteiger partial charge in [-0.3, -0.25) is 19.3 Å². The van der Waals surface area contributed by atoms with Crippen LogP contribution in [0.5, 0.6) is 5.75 Å². The molecule has 9 nitrogen and oxygen atoms in total. The number of Topliss-reactive ketones (excluding diaryl/α,β-unsaturated/α-hetero) is 2. The molecule has 2 aromatic rings. The summed E-state index contributed by atoms with van der Waals surface area (Å²) >= 11 is 0. The van der Waals surface area contributed by atoms with Gasteiger partial charge in [0.05, 0.1) is 11.6 Å². The first kappa shape index (κ1) is 27.6. The van der Waals surface area contributed by atoms with E-state index in [4.69, 9.17) is 5.73 Å². The molecule has 3 aliphatic carbocycles. The van der Waals surface area contributed by atoms with Crippen LogP contribution in [-0.2, 0) is 21.4 Å². The number of phenols is 1. The van der Waals surface area contributed by atoms with Crippen LogP contribution in [0, 0.1) is 11.8 Å². The molecule has 0 saturated heterocycles. The van der Waals surface area contributed by atoms with Crippen LogP contribution in [0.1, 0.15) is 48.7 Å². The quantitative estimate of drug-likeness (QED) is 0.367. The third-order valence-corrected chi connectivity index (χ3v) is 8.67. The van der Waals surface area contributed by atoms with Gasteiger partial charge in [0, 0.05) is 11.5 Å². The third kappa shape index (κ3) is 3.79. The number of carbonyl (C=O) groups is 3. The molecule has 0 aromatic heterocycles. The van der Waals surface area contributed by atoms with Crippen molar-refractivity contribution in [3.05, 3.63) is 75.8 Å². The summed E-state index contributed by atoms with van der Waals surface area (Å²) in [6.07, 6.45) is 0.281. The van der Waals surface area contributed by atoms with E-state index in [1.165, 1.54) is 11.0 Å². The van der Waals surface area contributed by atoms with E-state index >= 15 is 0 Å². The Morgan fingerprint density at radius 1 is 1.02 bits per heavy atom. The second-order valence-corrected chi connectivity index (χ2v) is 12.3. The molecule has 2 aromatic carbocycles. The molecule has 0 aliphatic heterocycles. The summed E-state index contributed by atoms with van der Waals surface area (Å²) in [5.74, 6) is -6.62. The van der Waals surface area contributed by atoms with Gasteiger partial charge in [-0.25, -0.2) is 0 Å². The predicted octanol–water partition coefficient (Wildman–Crippen LogP) is 3.09. The monoisotopic (exact) mass is 546 g/mol. The highest BCUT2D eigenvalue weighted by atomic mass is 16.3. The topological polar surface area (TPSA) is 161 Å². The van der Waals surface area contributed by atoms with E-state index in [2.05, 4.69) is 20.8 Å². The Kier molecular flexibility index (Phi) is 6.24. The van der Waals surface area contributed by atoms with Gasteiger partial charge in [-0.05, 0) is 66.6 Å². The fourth-order valence-electron chi connectivity index (χ4n) is 6.67. The number of carbonyl (C=O) groups excluding carboxylic acids is 3. The number of ketones is 2. The number of fused-ring (bicyclic) bond motifs is 3. The van der Waals surface area contributed by atoms with Gasteiger partial charge >= 0.3 is 0 Å². The first-order valence-corrected chi connectivity index (χ1v) is 13.2. The molecule has 40 heavy (non-hydrogen) atoms. The number of amides is 1. The average Bonchev–Trinajstić information content (AvgIpc) is 2.85. The fraction of sp³-hybridized carbons (Fsp3) is 0.387. The van der Waals surface area contributed by atoms with Crippen molar-refractivity contribution in [2.75, 3.05) is 14.1 Å². The Bertz CT molecular complexity index is 1530. The molecule has 9 heteroatoms. The van der Waals surface area contributed by atoms with Crippen LogP contribution in [-0.4, -0.2) is 68.5 Å². The fourth-order valence-corrected chi connectivity index (χ4v) is 6.67. The van der Waals surface area contributed by atoms with Crippen molar-refractivity contribution < 1.29 is 34.8 Å². The van der Waals surface area contributed by atoms with Crippen LogP contribution in [0.25, 0.3) is 11.1 Å². The Morgan fingerprint density at radius 3 is 2.20 bits per heavy atom. The lowest BCUT2D eigenvalue weighted by Crippen LogP contribution is -2.63. The number of likely N-dealkylation sites (N-methyl/N-ethyl adjacent to an activating group) is 1. The van der Waals surface area contributed by atoms with Crippen LogP contribution in [0.4, 0.5) is 0 Å². The standard InChI is InChI=1S/C31H34N2O7/c1-30(2,3)16-8-6-14(7-9-16)17-10-11-20(34)22-18(17)12-15-13-19-24(33(4)5)26(36)23(29(32)39)28(38)31(19,40)27(37)21(15)25(22)35/h6-11,15,19,24,34,36-37,40H,12-13H2,1-5H3,(H2,32,39)/t15-,19-,24-,31-/m1/s1. The van der Waals surface area contributed by atoms with Gasteiger partial charge in [0.25, 0.3) is 5.91 Å². The number of hydrogen-bond donors (Lipinski definition) is 5. The maximum absolute atomic E-state index is 13.9. The number of phenolic OH excluding ortho intramolecular Hbond substituents is 1. The summed E-state index contributed by atoms with van der Waals surface area (Å²) < 4.78 is 0. The summed E-state index contributed by atoms with van der Waals surface area (Å²) in [6, 6.07) is 10.1. The third-order valence-electron chi connectivity index (χ3n) is 8.67. The van der Waals surface area contributed by atoms with Crippen molar-refractivity contribution in [2.24, 2.45) is 17.6 Å². The van der Waals surface area contributed by atoms with Gasteiger partial charge in [0.2, 0.25) is 5.78 Å². The van der Waals surface area contributed by atoms with Crippen molar-refractivity contribution in [3.8, 4) is 16.9 Å². The van der Waals surface area contributed by atoms with Crippen LogP contribution in [0.2, 0.25) is 0 Å². The van der Waals surface area contributed by atoms with Crippen LogP contribution in [0.3, 0.4) is 0 Å². The van der Waals surface area contributed by atoms with E-state index in [1.807, 2.05) is 24.3 Å². The summed E-state index contributed by atoms with van der Waals surface area (Å²) in [5, 5.41) is 44.8. The molecule has 0 bridgehead atoms. The SMILES string of the molecule is CN(C)[C@H]1C(O)=C(C(N)=O)C(=O)[C@]2(O)C(O)=C3C(=O)c4c(O)ccc(-c5ccc(C(C)(C)C)cc5)c4C[C@@H]3C[C@H]12. The van der Waals surface area contributed by atoms with E-state index in [0.717, 1.165) is 16.7 Å². The van der Waals surface area contributed by atoms with E-state index in [-0.39, 0.29) is 35.1 Å². The lowest BCUT2D eigenvalue weighted by molar-refractivity contribution is -0.148. The minimum absolute atomic E-state index is 0.00169. The van der Waals surface area contributed by atoms with Gasteiger partial charge < -0.3 is 26.2 Å². The summed E-state index contributed by atoms with van der Waals surface area (Å²) in [5.41, 5.74) is 5.03. The smallest absolute Gasteiger partial charge is 0.255 e. The zero-order chi connectivity index (χ0) is 29.5. The molecule has 0 fully saturated rings. The molecule has 3 aliphatic rings. The van der Waals surface area contributed by atoms with Gasteiger partial charge in [0.1, 0.15) is 22.8 Å². The Balaban J connectivity index is 1.68. The number of benzene rings is 2. The van der Waals surface area contributed by atoms with Crippen LogP contribution >= 0.6 is 0 Å². The van der Waals surface area contributed by atoms with Gasteiger partial charge in [-0.2, -0.15) is 0 Å². The Labute approximate surface area is 232 Å². The molecule has 0 spiro atoms. The number of aliphatic hydroxyl groups is 3. The second-order valence-electron chi connectivity index (χ2n) is 12.3. The maximum atomic E-state index is 13.9. The highest BCUT2D eigenvalue weighted by Gasteiger charge is 2.63. The number of aromatic hydroxyl groups is 1. The normalized spacial score (nSPS) is 26.5. The first-order chi connectivity index (χ1) is 18.6. The molecule has 0 heterocycles. The van der Waals surface area contributed by atoms with Crippen molar-refractivity contribution in [1.82, 2.24) is 4.90 Å². The van der Waals surface area contributed by atoms with Crippen LogP contribution < -0.4 is 5.73 Å². The van der Waals surface area contributed by atoms with Gasteiger partial charge in [0.15, 0.2) is 11.4 Å². The zero-order valence-corrected chi connectivity index (χ0v) is 23.1. The highest BCUT2D eigenvalue weighted by molar-refractivity contribution is 6.24. The van der Waals surface area contributed by atoms with Gasteiger partial charge in [-0.15, -0.1) is 0 Å². The molecule has 4 atom stereocenters. The zero-order valence-electron chi connectivity index (χ0n) is 23.1. The van der Waals surface area contributed by atoms with E-state index in [0.29, 0.717) is 5.56 Å². The van der Waals surface area contributed by atoms with Crippen molar-refractivity contribution in [1.29, 1.82) is 0 Å². The molecule has 0 unspecified atom stereocenters. The van der Waals surface area contributed by atoms with Crippen LogP contribution in [0.15, 0.2) is 59.1 Å². The number of nitrogens with two attached hydrogens (primary N) is 1. The van der Waals surface area contributed by atoms with E-state index < -0.39 is 58.0 Å². The Morgan fingerprint density at radius 2 is 1.65 bits per heavy atom. The summed E-state index contributed by atoms with van der Waals surface area (Å²) in [7, 11) is 3.20. The van der Waals surface area contributed by atoms with Crippen molar-refractivity contribution in [3.63, 3.8) is 0 Å². The lowest BCUT2D eigenvalue weighted by Gasteiger charge is -2.50. The molecule has 6 N–H and O–H groups in total. The minimum atomic E-state index is -2.65. The molecular weight excluding hydrogens is 512 g/mol. The summed E-state index contributed by atoms with van der Waals surface area (Å²) in [4.78, 5) is 41.0. The number of allylic oxidation sites excluding steroid dienone is 1. The summed E-state index contributed by atoms with van der Waals surface area (Å²) in [6.45, 7) is 6.35. The van der Waals surface area contributed by atoms with Crippen molar-refractivity contribution in [2.45, 2.75) is 50.7 Å². The Hall–Kier alpha value is -3.95. The van der Waals surface area contributed by atoms with E-state index in [1.54, 1.807) is 20.2 Å². The van der Waals surface area contributed by atoms with Gasteiger partial charge in [-0.1, -0.05) is 51.1 Å². The first-order valence-electron chi connectivity index (χ1n) is 13.2. The lowest BCUT2D eigenvalue weighted by atomic mass is 9.58. The number of primary amides is 1. The molecule has 0 radical (unpaired) electrons. The molecule has 5 rings (SSSR count). The number of nitrogens with zero attached hydrogens (tertiary/aromatic N) is 1. The molecule has 210 valence electrons. The minimum Gasteiger partial charge on any atom is -0.510 e. The highest BCUT2D eigenvalue weighted by Crippen LogP contribution is 2.53. The second kappa shape index (κ2) is 9.04. The number of hydrogen-bond acceptors (Lipinski definition) is 8. The molecule has 1 amide bonds. The van der Waals surface area contributed by atoms with E-state index in [9.17, 15) is 34.8 Å². The predicted molar refractivity (Wildman–Crippen MR) is 148 cm³/mol. The molecular formula is C31H34N2O7. The number of rotatable bonds is 3. The van der Waals surface area contributed by atoms with Crippen molar-refractivity contribution >= 4 is 17.5 Å².